The van der Waals surface area contributed by atoms with Crippen LogP contribution >= 0.6 is 11.6 Å². The average Bonchev–Trinajstić information content (AvgIpc) is 3.13. The standard InChI is InChI=1S/C27H32ClN3O5/c1-4-13-29-14-5-11-26(3)20(23(29)33)21-24(34)31(17(2)16-32)22-25(35)30(15-6-12-27(21,22)36-26)19-9-7-18(28)8-10-19/h5-12,17,20-22,32H,4,13-16H2,1-3H3/t17-,20+,21+,22?,26-,27+/m1/s1. The van der Waals surface area contributed by atoms with Crippen LogP contribution in [-0.4, -0.2) is 82.2 Å². The van der Waals surface area contributed by atoms with Gasteiger partial charge in [0.25, 0.3) is 5.91 Å². The Morgan fingerprint density at radius 1 is 1.06 bits per heavy atom. The summed E-state index contributed by atoms with van der Waals surface area (Å²) in [4.78, 5) is 47.0. The molecule has 1 aromatic carbocycles. The molecule has 1 N–H and O–H groups in total. The van der Waals surface area contributed by atoms with E-state index in [1.54, 1.807) is 41.0 Å². The second kappa shape index (κ2) is 9.01. The van der Waals surface area contributed by atoms with Gasteiger partial charge < -0.3 is 24.5 Å². The highest BCUT2D eigenvalue weighted by molar-refractivity contribution is 6.30. The third kappa shape index (κ3) is 3.53. The van der Waals surface area contributed by atoms with Gasteiger partial charge in [0.05, 0.1) is 30.1 Å². The summed E-state index contributed by atoms with van der Waals surface area (Å²) in [6.45, 7) is 6.53. The Morgan fingerprint density at radius 2 is 1.75 bits per heavy atom. The van der Waals surface area contributed by atoms with Crippen LogP contribution in [0, 0.1) is 11.8 Å². The lowest BCUT2D eigenvalue weighted by Gasteiger charge is -2.39. The third-order valence-electron chi connectivity index (χ3n) is 7.95. The van der Waals surface area contributed by atoms with E-state index in [9.17, 15) is 19.5 Å². The molecule has 192 valence electrons. The smallest absolute Gasteiger partial charge is 0.253 e. The highest BCUT2D eigenvalue weighted by Gasteiger charge is 2.75. The second-order valence-corrected chi connectivity index (χ2v) is 10.7. The Kier molecular flexibility index (Phi) is 6.25. The molecule has 5 rings (SSSR count). The summed E-state index contributed by atoms with van der Waals surface area (Å²) in [6.07, 6.45) is 8.23. The molecular weight excluding hydrogens is 482 g/mol. The zero-order valence-corrected chi connectivity index (χ0v) is 21.5. The van der Waals surface area contributed by atoms with E-state index in [-0.39, 0.29) is 30.9 Å². The summed E-state index contributed by atoms with van der Waals surface area (Å²) in [5.41, 5.74) is -1.75. The minimum Gasteiger partial charge on any atom is -0.394 e. The van der Waals surface area contributed by atoms with Gasteiger partial charge in [0.2, 0.25) is 11.8 Å². The van der Waals surface area contributed by atoms with Gasteiger partial charge in [0.1, 0.15) is 11.6 Å². The number of anilines is 1. The zero-order chi connectivity index (χ0) is 25.8. The van der Waals surface area contributed by atoms with Crippen LogP contribution in [0.25, 0.3) is 0 Å². The fourth-order valence-electron chi connectivity index (χ4n) is 6.40. The maximum Gasteiger partial charge on any atom is 0.253 e. The molecule has 9 heteroatoms. The van der Waals surface area contributed by atoms with Crippen molar-refractivity contribution < 1.29 is 24.2 Å². The number of benzene rings is 1. The van der Waals surface area contributed by atoms with E-state index in [2.05, 4.69) is 0 Å². The number of fused-ring (bicyclic) bond motifs is 2. The fourth-order valence-corrected chi connectivity index (χ4v) is 6.52. The fraction of sp³-hybridized carbons (Fsp3) is 0.519. The van der Waals surface area contributed by atoms with Crippen LogP contribution in [0.2, 0.25) is 5.02 Å². The Bertz CT molecular complexity index is 1140. The summed E-state index contributed by atoms with van der Waals surface area (Å²) in [5, 5.41) is 10.6. The molecule has 1 unspecified atom stereocenters. The molecule has 4 aliphatic heterocycles. The van der Waals surface area contributed by atoms with Crippen LogP contribution in [0.1, 0.15) is 27.2 Å². The van der Waals surface area contributed by atoms with Crippen molar-refractivity contribution in [2.45, 2.75) is 50.5 Å². The molecule has 4 heterocycles. The van der Waals surface area contributed by atoms with Gasteiger partial charge in [-0.1, -0.05) is 42.8 Å². The van der Waals surface area contributed by atoms with E-state index < -0.39 is 35.1 Å². The lowest BCUT2D eigenvalue weighted by atomic mass is 9.74. The van der Waals surface area contributed by atoms with Gasteiger partial charge in [0, 0.05) is 30.3 Å². The first-order chi connectivity index (χ1) is 17.2. The van der Waals surface area contributed by atoms with E-state index in [0.29, 0.717) is 23.8 Å². The van der Waals surface area contributed by atoms with Crippen molar-refractivity contribution in [1.82, 2.24) is 9.80 Å². The van der Waals surface area contributed by atoms with Gasteiger partial charge in [-0.25, -0.2) is 0 Å². The van der Waals surface area contributed by atoms with Crippen molar-refractivity contribution in [2.75, 3.05) is 31.1 Å². The van der Waals surface area contributed by atoms with Crippen LogP contribution in [0.5, 0.6) is 0 Å². The van der Waals surface area contributed by atoms with E-state index >= 15 is 0 Å². The molecule has 2 saturated heterocycles. The number of halogens is 1. The van der Waals surface area contributed by atoms with Crippen molar-refractivity contribution in [3.8, 4) is 0 Å². The van der Waals surface area contributed by atoms with Crippen LogP contribution in [0.3, 0.4) is 0 Å². The molecule has 1 spiro atoms. The first kappa shape index (κ1) is 25.0. The average molecular weight is 514 g/mol. The molecule has 3 amide bonds. The van der Waals surface area contributed by atoms with Gasteiger partial charge >= 0.3 is 0 Å². The Labute approximate surface area is 216 Å². The summed E-state index contributed by atoms with van der Waals surface area (Å²) >= 11 is 6.07. The Hall–Kier alpha value is -2.68. The second-order valence-electron chi connectivity index (χ2n) is 10.3. The number of ether oxygens (including phenoxy) is 1. The van der Waals surface area contributed by atoms with Gasteiger partial charge in [-0.05, 0) is 44.5 Å². The highest BCUT2D eigenvalue weighted by atomic mass is 35.5. The molecule has 0 aromatic heterocycles. The number of carbonyl (C=O) groups excluding carboxylic acids is 3. The molecule has 1 aromatic rings. The predicted molar refractivity (Wildman–Crippen MR) is 135 cm³/mol. The van der Waals surface area contributed by atoms with Crippen LogP contribution in [0.4, 0.5) is 5.69 Å². The first-order valence-electron chi connectivity index (χ1n) is 12.5. The number of aliphatic hydroxyl groups is 1. The SMILES string of the molecule is CCCN1CC=C[C@@]2(C)O[C@]34C=CCN(c5ccc(Cl)cc5)C(=O)C3N([C@H](C)CO)C(=O)[C@@H]4[C@H]2C1=O. The van der Waals surface area contributed by atoms with Crippen LogP contribution in [-0.2, 0) is 19.1 Å². The topological polar surface area (TPSA) is 90.4 Å². The third-order valence-corrected chi connectivity index (χ3v) is 8.20. The lowest BCUT2D eigenvalue weighted by Crippen LogP contribution is -2.58. The molecule has 2 fully saturated rings. The normalized spacial score (nSPS) is 34.4. The van der Waals surface area contributed by atoms with Gasteiger partial charge in [-0.3, -0.25) is 14.4 Å². The van der Waals surface area contributed by atoms with E-state index in [1.165, 1.54) is 4.90 Å². The predicted octanol–water partition coefficient (Wildman–Crippen LogP) is 2.40. The van der Waals surface area contributed by atoms with E-state index in [1.807, 2.05) is 38.2 Å². The number of amides is 3. The lowest BCUT2D eigenvalue weighted by molar-refractivity contribution is -0.150. The molecule has 36 heavy (non-hydrogen) atoms. The number of carbonyl (C=O) groups is 3. The highest BCUT2D eigenvalue weighted by Crippen LogP contribution is 2.57. The maximum absolute atomic E-state index is 14.2. The number of nitrogens with zero attached hydrogens (tertiary/aromatic N) is 3. The van der Waals surface area contributed by atoms with Crippen molar-refractivity contribution >= 4 is 35.0 Å². The maximum atomic E-state index is 14.2. The monoisotopic (exact) mass is 513 g/mol. The van der Waals surface area contributed by atoms with E-state index in [4.69, 9.17) is 16.3 Å². The van der Waals surface area contributed by atoms with Crippen molar-refractivity contribution in [3.05, 3.63) is 53.6 Å². The van der Waals surface area contributed by atoms with Gasteiger partial charge in [-0.2, -0.15) is 0 Å². The molecule has 0 bridgehead atoms. The molecule has 8 nitrogen and oxygen atoms in total. The van der Waals surface area contributed by atoms with Crippen LogP contribution < -0.4 is 4.90 Å². The van der Waals surface area contributed by atoms with Crippen molar-refractivity contribution in [3.63, 3.8) is 0 Å². The molecule has 6 atom stereocenters. The number of aliphatic hydroxyl groups excluding tert-OH is 1. The first-order valence-corrected chi connectivity index (χ1v) is 12.9. The van der Waals surface area contributed by atoms with Crippen molar-refractivity contribution in [2.24, 2.45) is 11.8 Å². The quantitative estimate of drug-likeness (QED) is 0.611. The van der Waals surface area contributed by atoms with E-state index in [0.717, 1.165) is 6.42 Å². The largest absolute Gasteiger partial charge is 0.394 e. The van der Waals surface area contributed by atoms with Gasteiger partial charge in [0.15, 0.2) is 0 Å². The van der Waals surface area contributed by atoms with Crippen molar-refractivity contribution in [1.29, 1.82) is 0 Å². The minimum atomic E-state index is -1.34. The Morgan fingerprint density at radius 3 is 2.42 bits per heavy atom. The van der Waals surface area contributed by atoms with Gasteiger partial charge in [-0.15, -0.1) is 0 Å². The molecule has 0 saturated carbocycles. The van der Waals surface area contributed by atoms with Crippen LogP contribution in [0.15, 0.2) is 48.6 Å². The number of rotatable bonds is 5. The molecular formula is C27H32ClN3O5. The Balaban J connectivity index is 1.65. The zero-order valence-electron chi connectivity index (χ0n) is 20.8. The summed E-state index contributed by atoms with van der Waals surface area (Å²) in [5.74, 6) is -2.47. The summed E-state index contributed by atoms with van der Waals surface area (Å²) in [6, 6.07) is 5.28. The molecule has 0 radical (unpaired) electrons. The minimum absolute atomic E-state index is 0.142. The summed E-state index contributed by atoms with van der Waals surface area (Å²) < 4.78 is 6.76. The summed E-state index contributed by atoms with van der Waals surface area (Å²) in [7, 11) is 0. The molecule has 0 aliphatic carbocycles. The molecule has 4 aliphatic rings. The number of hydrogen-bond donors (Lipinski definition) is 1. The number of likely N-dealkylation sites (tertiary alicyclic amines) is 1. The number of hydrogen-bond acceptors (Lipinski definition) is 5.